The molecule has 1 radical (unpaired) electrons. The van der Waals surface area contributed by atoms with Crippen molar-refractivity contribution in [3.8, 4) is 11.3 Å². The molecular weight excluding hydrogens is 246 g/mol. The molecule has 0 aliphatic carbocycles. The van der Waals surface area contributed by atoms with Crippen molar-refractivity contribution >= 4 is 21.7 Å². The molecule has 4 aromatic rings. The number of hydrogen-bond donors (Lipinski definition) is 0. The van der Waals surface area contributed by atoms with E-state index in [9.17, 15) is 0 Å². The summed E-state index contributed by atoms with van der Waals surface area (Å²) in [6, 6.07) is 18.1. The number of fused-ring (bicyclic) bond motifs is 2. The molecule has 2 heterocycles. The van der Waals surface area contributed by atoms with Gasteiger partial charge in [0.05, 0.1) is 17.9 Å². The Morgan fingerprint density at radius 3 is 2.60 bits per heavy atom. The predicted octanol–water partition coefficient (Wildman–Crippen LogP) is 3.65. The summed E-state index contributed by atoms with van der Waals surface area (Å²) in [6.45, 7) is 0. The van der Waals surface area contributed by atoms with E-state index in [-0.39, 0.29) is 0 Å². The number of benzene rings is 2. The summed E-state index contributed by atoms with van der Waals surface area (Å²) in [5.74, 6) is 0. The number of pyridine rings is 1. The summed E-state index contributed by atoms with van der Waals surface area (Å²) < 4.78 is 0. The zero-order valence-electron chi connectivity index (χ0n) is 10.6. The summed E-state index contributed by atoms with van der Waals surface area (Å²) in [6.07, 6.45) is 4.84. The minimum Gasteiger partial charge on any atom is -0.245 e. The SMILES string of the molecule is [c]1nc2ccccc2cc1-c1nncc2ccccc12. The highest BCUT2D eigenvalue weighted by Gasteiger charge is 2.07. The largest absolute Gasteiger partial charge is 0.245 e. The van der Waals surface area contributed by atoms with E-state index in [1.165, 1.54) is 0 Å². The van der Waals surface area contributed by atoms with Gasteiger partial charge in [0.2, 0.25) is 0 Å². The van der Waals surface area contributed by atoms with Gasteiger partial charge in [0, 0.05) is 21.7 Å². The molecule has 0 N–H and O–H groups in total. The highest BCUT2D eigenvalue weighted by Crippen LogP contribution is 2.26. The van der Waals surface area contributed by atoms with Crippen molar-refractivity contribution in [2.75, 3.05) is 0 Å². The first-order chi connectivity index (χ1) is 9.92. The summed E-state index contributed by atoms with van der Waals surface area (Å²) in [7, 11) is 0. The quantitative estimate of drug-likeness (QED) is 0.522. The van der Waals surface area contributed by atoms with Crippen molar-refractivity contribution in [2.45, 2.75) is 0 Å². The van der Waals surface area contributed by atoms with E-state index in [4.69, 9.17) is 0 Å². The van der Waals surface area contributed by atoms with Gasteiger partial charge in [-0.25, -0.2) is 4.98 Å². The van der Waals surface area contributed by atoms with E-state index < -0.39 is 0 Å². The third-order valence-corrected chi connectivity index (χ3v) is 3.36. The van der Waals surface area contributed by atoms with Gasteiger partial charge in [0.15, 0.2) is 0 Å². The molecule has 0 amide bonds. The van der Waals surface area contributed by atoms with Crippen LogP contribution < -0.4 is 0 Å². The first-order valence-electron chi connectivity index (χ1n) is 6.40. The molecule has 2 aromatic heterocycles. The van der Waals surface area contributed by atoms with Crippen LogP contribution in [0.1, 0.15) is 0 Å². The van der Waals surface area contributed by atoms with E-state index >= 15 is 0 Å². The second kappa shape index (κ2) is 4.38. The van der Waals surface area contributed by atoms with Gasteiger partial charge in [0.1, 0.15) is 5.69 Å². The van der Waals surface area contributed by atoms with Crippen molar-refractivity contribution in [3.05, 3.63) is 67.0 Å². The predicted molar refractivity (Wildman–Crippen MR) is 79.1 cm³/mol. The molecule has 2 aromatic carbocycles. The molecular formula is C17H10N3. The lowest BCUT2D eigenvalue weighted by Gasteiger charge is -2.05. The van der Waals surface area contributed by atoms with Crippen LogP contribution in [0, 0.1) is 6.20 Å². The van der Waals surface area contributed by atoms with Crippen LogP contribution in [-0.2, 0) is 0 Å². The van der Waals surface area contributed by atoms with Crippen LogP contribution in [0.3, 0.4) is 0 Å². The standard InChI is InChI=1S/C17H10N3/c1-3-7-15-13(6-1)11-19-20-17(15)14-9-12-5-2-4-8-16(12)18-10-14/h1-9,11H. The Labute approximate surface area is 115 Å². The normalized spacial score (nSPS) is 11.0. The highest BCUT2D eigenvalue weighted by atomic mass is 15.1. The molecule has 0 spiro atoms. The van der Waals surface area contributed by atoms with Gasteiger partial charge in [-0.1, -0.05) is 42.5 Å². The van der Waals surface area contributed by atoms with Crippen molar-refractivity contribution < 1.29 is 0 Å². The molecule has 0 atom stereocenters. The number of nitrogens with zero attached hydrogens (tertiary/aromatic N) is 3. The lowest BCUT2D eigenvalue weighted by atomic mass is 10.1. The monoisotopic (exact) mass is 256 g/mol. The molecule has 3 heteroatoms. The fourth-order valence-corrected chi connectivity index (χ4v) is 2.37. The van der Waals surface area contributed by atoms with Crippen molar-refractivity contribution in [2.24, 2.45) is 0 Å². The Kier molecular flexibility index (Phi) is 2.42. The number of aromatic nitrogens is 3. The smallest absolute Gasteiger partial charge is 0.103 e. The Morgan fingerprint density at radius 2 is 1.65 bits per heavy atom. The lowest BCUT2D eigenvalue weighted by molar-refractivity contribution is 1.05. The van der Waals surface area contributed by atoms with Crippen molar-refractivity contribution in [1.29, 1.82) is 0 Å². The average molecular weight is 256 g/mol. The summed E-state index contributed by atoms with van der Waals surface area (Å²) in [4.78, 5) is 4.37. The Hall–Kier alpha value is -2.81. The van der Waals surface area contributed by atoms with Crippen LogP contribution in [0.2, 0.25) is 0 Å². The number of rotatable bonds is 1. The molecule has 93 valence electrons. The molecule has 4 rings (SSSR count). The molecule has 0 aliphatic rings. The van der Waals surface area contributed by atoms with Gasteiger partial charge < -0.3 is 0 Å². The fraction of sp³-hybridized carbons (Fsp3) is 0. The summed E-state index contributed by atoms with van der Waals surface area (Å²) in [5.41, 5.74) is 2.62. The highest BCUT2D eigenvalue weighted by molar-refractivity contribution is 5.95. The van der Waals surface area contributed by atoms with Crippen LogP contribution in [-0.4, -0.2) is 15.2 Å². The summed E-state index contributed by atoms with van der Waals surface area (Å²) in [5, 5.41) is 11.5. The Bertz CT molecular complexity index is 910. The second-order valence-electron chi connectivity index (χ2n) is 4.62. The molecule has 0 unspecified atom stereocenters. The number of para-hydroxylation sites is 1. The topological polar surface area (TPSA) is 38.7 Å². The Balaban J connectivity index is 2.01. The zero-order valence-corrected chi connectivity index (χ0v) is 10.6. The molecule has 0 aliphatic heterocycles. The third-order valence-electron chi connectivity index (χ3n) is 3.36. The number of hydrogen-bond acceptors (Lipinski definition) is 3. The minimum absolute atomic E-state index is 0.821. The van der Waals surface area contributed by atoms with E-state index in [1.54, 1.807) is 6.20 Å². The summed E-state index contributed by atoms with van der Waals surface area (Å²) >= 11 is 0. The van der Waals surface area contributed by atoms with E-state index in [0.717, 1.165) is 32.9 Å². The van der Waals surface area contributed by atoms with Crippen LogP contribution in [0.4, 0.5) is 0 Å². The maximum atomic E-state index is 4.37. The first-order valence-corrected chi connectivity index (χ1v) is 6.40. The fourth-order valence-electron chi connectivity index (χ4n) is 2.37. The van der Waals surface area contributed by atoms with Gasteiger partial charge in [-0.2, -0.15) is 5.10 Å². The average Bonchev–Trinajstić information content (AvgIpc) is 2.54. The van der Waals surface area contributed by atoms with E-state index in [0.29, 0.717) is 0 Å². The minimum atomic E-state index is 0.821. The van der Waals surface area contributed by atoms with Gasteiger partial charge in [-0.15, -0.1) is 5.10 Å². The van der Waals surface area contributed by atoms with Crippen LogP contribution in [0.5, 0.6) is 0 Å². The lowest BCUT2D eigenvalue weighted by Crippen LogP contribution is -1.91. The maximum Gasteiger partial charge on any atom is 0.103 e. The molecule has 0 fully saturated rings. The Morgan fingerprint density at radius 1 is 0.850 bits per heavy atom. The third kappa shape index (κ3) is 1.72. The van der Waals surface area contributed by atoms with E-state index in [1.807, 2.05) is 48.5 Å². The van der Waals surface area contributed by atoms with Gasteiger partial charge in [0.25, 0.3) is 0 Å². The van der Waals surface area contributed by atoms with Gasteiger partial charge in [-0.3, -0.25) is 0 Å². The molecule has 0 bridgehead atoms. The maximum absolute atomic E-state index is 4.37. The van der Waals surface area contributed by atoms with Crippen LogP contribution >= 0.6 is 0 Å². The van der Waals surface area contributed by atoms with Crippen molar-refractivity contribution in [1.82, 2.24) is 15.2 Å². The van der Waals surface area contributed by atoms with Crippen LogP contribution in [0.25, 0.3) is 32.9 Å². The second-order valence-corrected chi connectivity index (χ2v) is 4.62. The van der Waals surface area contributed by atoms with Crippen LogP contribution in [0.15, 0.2) is 60.8 Å². The molecule has 3 nitrogen and oxygen atoms in total. The van der Waals surface area contributed by atoms with E-state index in [2.05, 4.69) is 27.4 Å². The molecule has 0 saturated heterocycles. The van der Waals surface area contributed by atoms with Gasteiger partial charge >= 0.3 is 0 Å². The van der Waals surface area contributed by atoms with Gasteiger partial charge in [-0.05, 0) is 12.1 Å². The zero-order chi connectivity index (χ0) is 13.4. The first kappa shape index (κ1) is 11.1. The molecule has 20 heavy (non-hydrogen) atoms. The molecule has 0 saturated carbocycles. The van der Waals surface area contributed by atoms with Crippen molar-refractivity contribution in [3.63, 3.8) is 0 Å².